The van der Waals surface area contributed by atoms with Crippen LogP contribution in [0.2, 0.25) is 0 Å². The molecule has 170 valence electrons. The fraction of sp³-hybridized carbons (Fsp3) is 0.208. The lowest BCUT2D eigenvalue weighted by Gasteiger charge is -2.11. The third kappa shape index (κ3) is 5.75. The largest absolute Gasteiger partial charge is 0.439 e. The molecule has 8 nitrogen and oxygen atoms in total. The molecule has 0 spiro atoms. The van der Waals surface area contributed by atoms with Crippen molar-refractivity contribution < 1.29 is 13.2 Å². The highest BCUT2D eigenvalue weighted by Gasteiger charge is 2.13. The second-order valence-electron chi connectivity index (χ2n) is 7.92. The van der Waals surface area contributed by atoms with Gasteiger partial charge >= 0.3 is 0 Å². The molecule has 0 unspecified atom stereocenters. The van der Waals surface area contributed by atoms with Crippen LogP contribution in [0.1, 0.15) is 28.3 Å². The zero-order chi connectivity index (χ0) is 23.6. The Balaban J connectivity index is 1.46. The molecule has 0 bridgehead atoms. The Kier molecular flexibility index (Phi) is 6.15. The number of aryl methyl sites for hydroxylation is 4. The van der Waals surface area contributed by atoms with Crippen molar-refractivity contribution in [3.05, 3.63) is 89.0 Å². The summed E-state index contributed by atoms with van der Waals surface area (Å²) in [6.07, 6.45) is 0. The molecule has 0 radical (unpaired) electrons. The lowest BCUT2D eigenvalue weighted by Crippen LogP contribution is -2.15. The normalized spacial score (nSPS) is 11.4. The van der Waals surface area contributed by atoms with Crippen molar-refractivity contribution in [3.8, 4) is 17.4 Å². The Bertz CT molecular complexity index is 1380. The molecular weight excluding hydrogens is 438 g/mol. The minimum absolute atomic E-state index is 0.0964. The van der Waals surface area contributed by atoms with E-state index in [-0.39, 0.29) is 5.75 Å². The molecule has 4 rings (SSSR count). The number of anilines is 1. The summed E-state index contributed by atoms with van der Waals surface area (Å²) in [7, 11) is -3.54. The van der Waals surface area contributed by atoms with E-state index in [0.29, 0.717) is 29.0 Å². The first-order valence-electron chi connectivity index (χ1n) is 10.4. The van der Waals surface area contributed by atoms with Crippen LogP contribution in [0.3, 0.4) is 0 Å². The van der Waals surface area contributed by atoms with Gasteiger partial charge in [0.15, 0.2) is 5.82 Å². The van der Waals surface area contributed by atoms with Gasteiger partial charge in [-0.25, -0.2) is 18.1 Å². The van der Waals surface area contributed by atoms with Gasteiger partial charge in [0.1, 0.15) is 11.6 Å². The van der Waals surface area contributed by atoms with Crippen molar-refractivity contribution in [1.29, 1.82) is 0 Å². The molecule has 1 N–H and O–H groups in total. The number of rotatable bonds is 7. The van der Waals surface area contributed by atoms with Crippen LogP contribution >= 0.6 is 0 Å². The van der Waals surface area contributed by atoms with Crippen LogP contribution in [0.5, 0.6) is 11.6 Å². The number of sulfonamides is 1. The van der Waals surface area contributed by atoms with Crippen LogP contribution in [0.25, 0.3) is 5.82 Å². The first kappa shape index (κ1) is 22.5. The maximum absolute atomic E-state index is 12.5. The van der Waals surface area contributed by atoms with E-state index in [1.807, 2.05) is 51.1 Å². The average Bonchev–Trinajstić information content (AvgIpc) is 3.08. The molecule has 33 heavy (non-hydrogen) atoms. The van der Waals surface area contributed by atoms with Gasteiger partial charge in [-0.2, -0.15) is 10.1 Å². The first-order chi connectivity index (χ1) is 15.7. The maximum atomic E-state index is 12.5. The highest BCUT2D eigenvalue weighted by atomic mass is 32.2. The third-order valence-corrected chi connectivity index (χ3v) is 6.11. The van der Waals surface area contributed by atoms with E-state index < -0.39 is 10.0 Å². The van der Waals surface area contributed by atoms with Crippen molar-refractivity contribution in [2.75, 3.05) is 4.72 Å². The Morgan fingerprint density at radius 1 is 0.909 bits per heavy atom. The summed E-state index contributed by atoms with van der Waals surface area (Å²) in [6.45, 7) is 7.62. The fourth-order valence-corrected chi connectivity index (χ4v) is 4.58. The van der Waals surface area contributed by atoms with Crippen LogP contribution in [0, 0.1) is 27.7 Å². The van der Waals surface area contributed by atoms with Gasteiger partial charge in [0.25, 0.3) is 0 Å². The van der Waals surface area contributed by atoms with Gasteiger partial charge in [0.05, 0.1) is 11.4 Å². The van der Waals surface area contributed by atoms with Gasteiger partial charge in [-0.05, 0) is 63.6 Å². The third-order valence-electron chi connectivity index (χ3n) is 4.85. The summed E-state index contributed by atoms with van der Waals surface area (Å²) in [5, 5.41) is 4.46. The molecule has 0 aliphatic rings. The number of hydrogen-bond acceptors (Lipinski definition) is 6. The van der Waals surface area contributed by atoms with E-state index in [4.69, 9.17) is 4.74 Å². The molecule has 0 aliphatic carbocycles. The lowest BCUT2D eigenvalue weighted by molar-refractivity contribution is 0.459. The van der Waals surface area contributed by atoms with Crippen molar-refractivity contribution >= 4 is 15.7 Å². The minimum atomic E-state index is -3.54. The summed E-state index contributed by atoms with van der Waals surface area (Å²) in [4.78, 5) is 8.79. The van der Waals surface area contributed by atoms with Gasteiger partial charge in [-0.15, -0.1) is 0 Å². The quantitative estimate of drug-likeness (QED) is 0.429. The molecule has 4 aromatic rings. The van der Waals surface area contributed by atoms with Gasteiger partial charge in [-0.1, -0.05) is 29.8 Å². The minimum Gasteiger partial charge on any atom is -0.439 e. The standard InChI is InChI=1S/C24H25N5O3S/c1-16-5-7-20(8-6-16)15-33(30,31)28-21-9-11-22(12-10-21)32-24-14-23(25-19(4)26-24)29-18(3)13-17(2)27-29/h5-14,28H,15H2,1-4H3. The van der Waals surface area contributed by atoms with Crippen molar-refractivity contribution in [2.45, 2.75) is 33.4 Å². The highest BCUT2D eigenvalue weighted by Crippen LogP contribution is 2.24. The van der Waals surface area contributed by atoms with Crippen molar-refractivity contribution in [1.82, 2.24) is 19.7 Å². The van der Waals surface area contributed by atoms with Gasteiger partial charge < -0.3 is 4.74 Å². The van der Waals surface area contributed by atoms with E-state index in [9.17, 15) is 8.42 Å². The Hall–Kier alpha value is -3.72. The van der Waals surface area contributed by atoms with Gasteiger partial charge in [0, 0.05) is 17.4 Å². The SMILES string of the molecule is Cc1ccc(CS(=O)(=O)Nc2ccc(Oc3cc(-n4nc(C)cc4C)nc(C)n3)cc2)cc1. The zero-order valence-electron chi connectivity index (χ0n) is 18.9. The summed E-state index contributed by atoms with van der Waals surface area (Å²) >= 11 is 0. The number of aromatic nitrogens is 4. The molecule has 9 heteroatoms. The zero-order valence-corrected chi connectivity index (χ0v) is 19.7. The van der Waals surface area contributed by atoms with E-state index in [1.165, 1.54) is 0 Å². The van der Waals surface area contributed by atoms with Gasteiger partial charge in [-0.3, -0.25) is 4.72 Å². The monoisotopic (exact) mass is 463 g/mol. The van der Waals surface area contributed by atoms with Crippen molar-refractivity contribution in [2.24, 2.45) is 0 Å². The summed E-state index contributed by atoms with van der Waals surface area (Å²) < 4.78 is 35.2. The molecule has 0 fully saturated rings. The Morgan fingerprint density at radius 2 is 1.61 bits per heavy atom. The molecular formula is C24H25N5O3S. The summed E-state index contributed by atoms with van der Waals surface area (Å²) in [6, 6.07) is 17.8. The fourth-order valence-electron chi connectivity index (χ4n) is 3.38. The van der Waals surface area contributed by atoms with Crippen LogP contribution in [-0.4, -0.2) is 28.2 Å². The number of nitrogens with one attached hydrogen (secondary N) is 1. The maximum Gasteiger partial charge on any atom is 0.236 e. The van der Waals surface area contributed by atoms with E-state index in [1.54, 1.807) is 41.9 Å². The highest BCUT2D eigenvalue weighted by molar-refractivity contribution is 7.91. The Morgan fingerprint density at radius 3 is 2.24 bits per heavy atom. The smallest absolute Gasteiger partial charge is 0.236 e. The van der Waals surface area contributed by atoms with Crippen LogP contribution < -0.4 is 9.46 Å². The van der Waals surface area contributed by atoms with E-state index >= 15 is 0 Å². The first-order valence-corrected chi connectivity index (χ1v) is 12.1. The molecule has 2 aromatic heterocycles. The second kappa shape index (κ2) is 9.03. The number of ether oxygens (including phenoxy) is 1. The van der Waals surface area contributed by atoms with Crippen molar-refractivity contribution in [3.63, 3.8) is 0 Å². The molecule has 0 amide bonds. The van der Waals surface area contributed by atoms with Crippen LogP contribution in [0.4, 0.5) is 5.69 Å². The van der Waals surface area contributed by atoms with E-state index in [2.05, 4.69) is 19.8 Å². The molecule has 2 aromatic carbocycles. The molecule has 2 heterocycles. The lowest BCUT2D eigenvalue weighted by atomic mass is 10.2. The van der Waals surface area contributed by atoms with Crippen LogP contribution in [0.15, 0.2) is 60.7 Å². The Labute approximate surface area is 193 Å². The average molecular weight is 464 g/mol. The second-order valence-corrected chi connectivity index (χ2v) is 9.65. The number of benzene rings is 2. The molecule has 0 aliphatic heterocycles. The topological polar surface area (TPSA) is 99.0 Å². The molecule has 0 saturated heterocycles. The summed E-state index contributed by atoms with van der Waals surface area (Å²) in [5.41, 5.74) is 4.12. The predicted octanol–water partition coefficient (Wildman–Crippen LogP) is 4.63. The molecule has 0 saturated carbocycles. The number of hydrogen-bond donors (Lipinski definition) is 1. The van der Waals surface area contributed by atoms with Gasteiger partial charge in [0.2, 0.25) is 15.9 Å². The number of nitrogens with zero attached hydrogens (tertiary/aromatic N) is 4. The molecule has 0 atom stereocenters. The summed E-state index contributed by atoms with van der Waals surface area (Å²) in [5.74, 6) is 1.96. The van der Waals surface area contributed by atoms with E-state index in [0.717, 1.165) is 22.5 Å². The predicted molar refractivity (Wildman–Crippen MR) is 127 cm³/mol. The van der Waals surface area contributed by atoms with Crippen LogP contribution in [-0.2, 0) is 15.8 Å².